The molecule has 164 valence electrons. The van der Waals surface area contributed by atoms with Gasteiger partial charge >= 0.3 is 0 Å². The predicted octanol–water partition coefficient (Wildman–Crippen LogP) is 3.21. The van der Waals surface area contributed by atoms with Crippen molar-refractivity contribution in [1.29, 1.82) is 0 Å². The van der Waals surface area contributed by atoms with Gasteiger partial charge in [-0.2, -0.15) is 4.31 Å². The molecule has 1 saturated heterocycles. The Balaban J connectivity index is 1.41. The summed E-state index contributed by atoms with van der Waals surface area (Å²) in [5.41, 5.74) is 0.951. The molecule has 2 aromatic rings. The molecule has 1 N–H and O–H groups in total. The highest BCUT2D eigenvalue weighted by molar-refractivity contribution is 7.91. The van der Waals surface area contributed by atoms with E-state index in [4.69, 9.17) is 21.1 Å². The average molecular weight is 473 g/mol. The van der Waals surface area contributed by atoms with Gasteiger partial charge < -0.3 is 14.8 Å². The van der Waals surface area contributed by atoms with Crippen LogP contribution in [0, 0.1) is 6.92 Å². The Kier molecular flexibility index (Phi) is 8.13. The number of halogens is 1. The van der Waals surface area contributed by atoms with Gasteiger partial charge in [-0.05, 0) is 49.2 Å². The van der Waals surface area contributed by atoms with E-state index in [2.05, 4.69) is 5.32 Å². The van der Waals surface area contributed by atoms with E-state index in [9.17, 15) is 13.2 Å². The van der Waals surface area contributed by atoms with Crippen molar-refractivity contribution in [2.24, 2.45) is 0 Å². The molecule has 3 rings (SSSR count). The third-order valence-electron chi connectivity index (χ3n) is 4.60. The number of sulfonamides is 1. The first-order valence-electron chi connectivity index (χ1n) is 9.68. The summed E-state index contributed by atoms with van der Waals surface area (Å²) >= 11 is 7.11. The predicted molar refractivity (Wildman–Crippen MR) is 117 cm³/mol. The number of benzene rings is 1. The third kappa shape index (κ3) is 6.18. The van der Waals surface area contributed by atoms with Gasteiger partial charge in [-0.25, -0.2) is 8.42 Å². The normalized spacial score (nSPS) is 15.1. The fraction of sp³-hybridized carbons (Fsp3) is 0.450. The van der Waals surface area contributed by atoms with Crippen LogP contribution in [0.5, 0.6) is 5.75 Å². The molecule has 0 spiro atoms. The maximum atomic E-state index is 12.6. The van der Waals surface area contributed by atoms with Crippen molar-refractivity contribution in [1.82, 2.24) is 9.62 Å². The quantitative estimate of drug-likeness (QED) is 0.566. The van der Waals surface area contributed by atoms with Crippen LogP contribution in [0.15, 0.2) is 34.5 Å². The van der Waals surface area contributed by atoms with Crippen molar-refractivity contribution in [3.05, 3.63) is 45.8 Å². The van der Waals surface area contributed by atoms with Crippen LogP contribution in [-0.2, 0) is 26.1 Å². The van der Waals surface area contributed by atoms with E-state index in [1.807, 2.05) is 19.1 Å². The highest BCUT2D eigenvalue weighted by Crippen LogP contribution is 2.25. The van der Waals surface area contributed by atoms with Crippen molar-refractivity contribution in [3.8, 4) is 5.75 Å². The minimum Gasteiger partial charge on any atom is -0.493 e. The van der Waals surface area contributed by atoms with Crippen LogP contribution >= 0.6 is 22.9 Å². The lowest BCUT2D eigenvalue weighted by Crippen LogP contribution is -2.40. The number of carbonyl (C=O) groups excluding carboxylic acids is 1. The van der Waals surface area contributed by atoms with Gasteiger partial charge in [0.2, 0.25) is 5.91 Å². The fourth-order valence-corrected chi connectivity index (χ4v) is 6.05. The first-order chi connectivity index (χ1) is 14.4. The SMILES string of the molecule is Cc1cc(Cl)ccc1OCCCC(=O)NCc1ccc(S(=O)(=O)N2CCOCC2)s1. The molecule has 2 heterocycles. The lowest BCUT2D eigenvalue weighted by atomic mass is 10.2. The number of hydrogen-bond donors (Lipinski definition) is 1. The Bertz CT molecular complexity index is 971. The highest BCUT2D eigenvalue weighted by atomic mass is 35.5. The molecular weight excluding hydrogens is 448 g/mol. The molecule has 0 saturated carbocycles. The summed E-state index contributed by atoms with van der Waals surface area (Å²) in [6.07, 6.45) is 0.909. The summed E-state index contributed by atoms with van der Waals surface area (Å²) in [6, 6.07) is 8.75. The molecule has 10 heteroatoms. The summed E-state index contributed by atoms with van der Waals surface area (Å²) in [6.45, 7) is 4.20. The lowest BCUT2D eigenvalue weighted by Gasteiger charge is -2.25. The van der Waals surface area contributed by atoms with Gasteiger partial charge in [-0.15, -0.1) is 11.3 Å². The molecule has 1 fully saturated rings. The van der Waals surface area contributed by atoms with Crippen molar-refractivity contribution in [3.63, 3.8) is 0 Å². The molecule has 1 amide bonds. The second-order valence-corrected chi connectivity index (χ2v) is 10.6. The molecule has 7 nitrogen and oxygen atoms in total. The molecular formula is C20H25ClN2O5S2. The number of thiophene rings is 1. The number of morpholine rings is 1. The van der Waals surface area contributed by atoms with E-state index in [1.165, 1.54) is 15.6 Å². The Morgan fingerprint density at radius 2 is 2.03 bits per heavy atom. The monoisotopic (exact) mass is 472 g/mol. The minimum atomic E-state index is -3.50. The zero-order valence-corrected chi connectivity index (χ0v) is 19.1. The minimum absolute atomic E-state index is 0.0996. The Labute approximate surface area is 186 Å². The molecule has 0 radical (unpaired) electrons. The summed E-state index contributed by atoms with van der Waals surface area (Å²) in [7, 11) is -3.50. The molecule has 0 aliphatic carbocycles. The van der Waals surface area contributed by atoms with Gasteiger partial charge in [-0.1, -0.05) is 11.6 Å². The van der Waals surface area contributed by atoms with Crippen molar-refractivity contribution >= 4 is 38.9 Å². The van der Waals surface area contributed by atoms with Gasteiger partial charge in [0, 0.05) is 29.4 Å². The number of nitrogens with zero attached hydrogens (tertiary/aromatic N) is 1. The van der Waals surface area contributed by atoms with E-state index in [1.54, 1.807) is 18.2 Å². The Morgan fingerprint density at radius 3 is 2.77 bits per heavy atom. The summed E-state index contributed by atoms with van der Waals surface area (Å²) < 4.78 is 37.9. The maximum absolute atomic E-state index is 12.6. The number of amides is 1. The van der Waals surface area contributed by atoms with Crippen molar-refractivity contribution in [2.75, 3.05) is 32.9 Å². The average Bonchev–Trinajstić information content (AvgIpc) is 3.21. The number of rotatable bonds is 9. The topological polar surface area (TPSA) is 84.9 Å². The Hall–Kier alpha value is -1.65. The summed E-state index contributed by atoms with van der Waals surface area (Å²) in [5, 5.41) is 3.49. The highest BCUT2D eigenvalue weighted by Gasteiger charge is 2.27. The lowest BCUT2D eigenvalue weighted by molar-refractivity contribution is -0.121. The van der Waals surface area contributed by atoms with Gasteiger partial charge in [0.15, 0.2) is 0 Å². The molecule has 0 atom stereocenters. The zero-order valence-electron chi connectivity index (χ0n) is 16.7. The number of carbonyl (C=O) groups is 1. The molecule has 0 bridgehead atoms. The van der Waals surface area contributed by atoms with Crippen LogP contribution in [0.4, 0.5) is 0 Å². The fourth-order valence-electron chi connectivity index (χ4n) is 2.97. The molecule has 1 aliphatic heterocycles. The van der Waals surface area contributed by atoms with Crippen LogP contribution in [0.25, 0.3) is 0 Å². The standard InChI is InChI=1S/C20H25ClN2O5S2/c1-15-13-16(21)4-6-18(15)28-10-2-3-19(24)22-14-17-5-7-20(29-17)30(25,26)23-8-11-27-12-9-23/h4-7,13H,2-3,8-12,14H2,1H3,(H,22,24). The maximum Gasteiger partial charge on any atom is 0.252 e. The van der Waals surface area contributed by atoms with Crippen LogP contribution < -0.4 is 10.1 Å². The number of nitrogens with one attached hydrogen (secondary N) is 1. The van der Waals surface area contributed by atoms with E-state index >= 15 is 0 Å². The van der Waals surface area contributed by atoms with E-state index in [0.717, 1.165) is 16.2 Å². The van der Waals surface area contributed by atoms with Crippen LogP contribution in [0.3, 0.4) is 0 Å². The number of aryl methyl sites for hydroxylation is 1. The van der Waals surface area contributed by atoms with Crippen molar-refractivity contribution < 1.29 is 22.7 Å². The first kappa shape index (κ1) is 23.0. The van der Waals surface area contributed by atoms with E-state index in [0.29, 0.717) is 61.5 Å². The van der Waals surface area contributed by atoms with Crippen LogP contribution in [-0.4, -0.2) is 51.5 Å². The second-order valence-electron chi connectivity index (χ2n) is 6.88. The smallest absolute Gasteiger partial charge is 0.252 e. The molecule has 1 aromatic carbocycles. The van der Waals surface area contributed by atoms with Crippen molar-refractivity contribution in [2.45, 2.75) is 30.5 Å². The molecule has 30 heavy (non-hydrogen) atoms. The van der Waals surface area contributed by atoms with Crippen LogP contribution in [0.2, 0.25) is 5.02 Å². The van der Waals surface area contributed by atoms with E-state index in [-0.39, 0.29) is 5.91 Å². The van der Waals surface area contributed by atoms with Crippen LogP contribution in [0.1, 0.15) is 23.3 Å². The Morgan fingerprint density at radius 1 is 1.27 bits per heavy atom. The van der Waals surface area contributed by atoms with Gasteiger partial charge in [0.1, 0.15) is 9.96 Å². The molecule has 1 aliphatic rings. The zero-order chi connectivity index (χ0) is 21.6. The van der Waals surface area contributed by atoms with E-state index < -0.39 is 10.0 Å². The second kappa shape index (κ2) is 10.6. The van der Waals surface area contributed by atoms with Gasteiger partial charge in [0.25, 0.3) is 10.0 Å². The first-order valence-corrected chi connectivity index (χ1v) is 12.3. The molecule has 0 unspecified atom stereocenters. The summed E-state index contributed by atoms with van der Waals surface area (Å²) in [4.78, 5) is 12.9. The molecule has 1 aromatic heterocycles. The largest absolute Gasteiger partial charge is 0.493 e. The summed E-state index contributed by atoms with van der Waals surface area (Å²) in [5.74, 6) is 0.657. The third-order valence-corrected chi connectivity index (χ3v) is 8.29. The van der Waals surface area contributed by atoms with Gasteiger partial charge in [0.05, 0.1) is 26.4 Å². The number of hydrogen-bond acceptors (Lipinski definition) is 6. The van der Waals surface area contributed by atoms with Gasteiger partial charge in [-0.3, -0.25) is 4.79 Å². The number of ether oxygens (including phenoxy) is 2.